The molecular weight excluding hydrogens is 235 g/mol. The molecule has 98 valence electrons. The molecule has 0 aliphatic heterocycles. The van der Waals surface area contributed by atoms with Crippen molar-refractivity contribution in [3.8, 4) is 0 Å². The maximum atomic E-state index is 13.0. The first-order chi connectivity index (χ1) is 8.40. The summed E-state index contributed by atoms with van der Waals surface area (Å²) in [7, 11) is 0. The van der Waals surface area contributed by atoms with E-state index in [1.54, 1.807) is 26.0 Å². The number of halogens is 1. The van der Waals surface area contributed by atoms with Crippen LogP contribution in [0.3, 0.4) is 0 Å². The summed E-state index contributed by atoms with van der Waals surface area (Å²) >= 11 is 0. The van der Waals surface area contributed by atoms with Crippen molar-refractivity contribution >= 4 is 11.8 Å². The fourth-order valence-electron chi connectivity index (χ4n) is 1.53. The van der Waals surface area contributed by atoms with E-state index in [4.69, 9.17) is 0 Å². The highest BCUT2D eigenvalue weighted by atomic mass is 19.1. The molecule has 5 heteroatoms. The number of nitrogens with one attached hydrogen (secondary N) is 2. The van der Waals surface area contributed by atoms with Crippen LogP contribution in [0, 0.1) is 12.7 Å². The molecule has 2 N–H and O–H groups in total. The minimum atomic E-state index is -0.580. The van der Waals surface area contributed by atoms with E-state index in [-0.39, 0.29) is 17.6 Å². The number of carbonyl (C=O) groups excluding carboxylic acids is 2. The molecule has 0 aromatic heterocycles. The highest BCUT2D eigenvalue weighted by Crippen LogP contribution is 2.08. The van der Waals surface area contributed by atoms with Crippen LogP contribution in [0.15, 0.2) is 18.2 Å². The van der Waals surface area contributed by atoms with Gasteiger partial charge in [-0.25, -0.2) is 4.39 Å². The first-order valence-corrected chi connectivity index (χ1v) is 5.70. The van der Waals surface area contributed by atoms with Crippen molar-refractivity contribution < 1.29 is 14.0 Å². The number of rotatable bonds is 4. The number of hydrogen-bond donors (Lipinski definition) is 2. The van der Waals surface area contributed by atoms with Crippen LogP contribution in [0.5, 0.6) is 0 Å². The summed E-state index contributed by atoms with van der Waals surface area (Å²) in [6.45, 7) is 4.93. The Morgan fingerprint density at radius 1 is 1.39 bits per heavy atom. The summed E-state index contributed by atoms with van der Waals surface area (Å²) in [6.07, 6.45) is 0. The Morgan fingerprint density at radius 3 is 2.61 bits per heavy atom. The van der Waals surface area contributed by atoms with Crippen LogP contribution in [0.2, 0.25) is 0 Å². The zero-order chi connectivity index (χ0) is 13.7. The van der Waals surface area contributed by atoms with Crippen molar-refractivity contribution in [3.05, 3.63) is 35.1 Å². The number of aryl methyl sites for hydroxylation is 1. The van der Waals surface area contributed by atoms with E-state index in [0.717, 1.165) is 5.56 Å². The average molecular weight is 252 g/mol. The Hall–Kier alpha value is -1.91. The lowest BCUT2D eigenvalue weighted by atomic mass is 10.1. The van der Waals surface area contributed by atoms with Gasteiger partial charge in [-0.2, -0.15) is 0 Å². The van der Waals surface area contributed by atoms with Crippen LogP contribution in [0.1, 0.15) is 25.0 Å². The van der Waals surface area contributed by atoms with Crippen molar-refractivity contribution in [1.82, 2.24) is 10.6 Å². The third-order valence-corrected chi connectivity index (χ3v) is 2.50. The largest absolute Gasteiger partial charge is 0.350 e. The fraction of sp³-hybridized carbons (Fsp3) is 0.385. The van der Waals surface area contributed by atoms with Gasteiger partial charge in [0.25, 0.3) is 0 Å². The summed E-state index contributed by atoms with van der Waals surface area (Å²) in [6, 6.07) is 4.09. The number of carbonyl (C=O) groups is 2. The van der Waals surface area contributed by atoms with Crippen LogP contribution < -0.4 is 10.6 Å². The smallest absolute Gasteiger partial charge is 0.242 e. The maximum absolute atomic E-state index is 13.0. The van der Waals surface area contributed by atoms with E-state index in [9.17, 15) is 14.0 Å². The third kappa shape index (κ3) is 4.16. The van der Waals surface area contributed by atoms with Gasteiger partial charge in [0.15, 0.2) is 0 Å². The molecule has 1 aromatic carbocycles. The molecule has 0 spiro atoms. The Bertz CT molecular complexity index is 460. The fourth-order valence-corrected chi connectivity index (χ4v) is 1.53. The zero-order valence-corrected chi connectivity index (χ0v) is 10.7. The molecule has 0 saturated carbocycles. The lowest BCUT2D eigenvalue weighted by Crippen LogP contribution is -2.43. The summed E-state index contributed by atoms with van der Waals surface area (Å²) in [5, 5.41) is 5.16. The second kappa shape index (κ2) is 6.14. The molecule has 1 rings (SSSR count). The molecule has 0 radical (unpaired) electrons. The highest BCUT2D eigenvalue weighted by Gasteiger charge is 2.12. The van der Waals surface area contributed by atoms with Gasteiger partial charge in [-0.1, -0.05) is 12.1 Å². The van der Waals surface area contributed by atoms with E-state index in [1.807, 2.05) is 0 Å². The van der Waals surface area contributed by atoms with Crippen molar-refractivity contribution in [2.75, 3.05) is 0 Å². The Labute approximate surface area is 106 Å². The second-order valence-electron chi connectivity index (χ2n) is 4.22. The molecule has 18 heavy (non-hydrogen) atoms. The summed E-state index contributed by atoms with van der Waals surface area (Å²) < 4.78 is 13.0. The predicted molar refractivity (Wildman–Crippen MR) is 66.3 cm³/mol. The number of amides is 2. The minimum Gasteiger partial charge on any atom is -0.350 e. The van der Waals surface area contributed by atoms with Gasteiger partial charge in [0, 0.05) is 13.5 Å². The third-order valence-electron chi connectivity index (χ3n) is 2.50. The maximum Gasteiger partial charge on any atom is 0.242 e. The van der Waals surface area contributed by atoms with E-state index >= 15 is 0 Å². The highest BCUT2D eigenvalue weighted by molar-refractivity contribution is 5.86. The second-order valence-corrected chi connectivity index (χ2v) is 4.22. The summed E-state index contributed by atoms with van der Waals surface area (Å²) in [5.74, 6) is -0.792. The minimum absolute atomic E-state index is 0.254. The van der Waals surface area contributed by atoms with Gasteiger partial charge in [0.1, 0.15) is 11.9 Å². The molecule has 0 aliphatic rings. The lowest BCUT2D eigenvalue weighted by molar-refractivity contribution is -0.127. The van der Waals surface area contributed by atoms with Crippen molar-refractivity contribution in [2.45, 2.75) is 33.4 Å². The van der Waals surface area contributed by atoms with Gasteiger partial charge < -0.3 is 10.6 Å². The SMILES string of the molecule is CC(=O)NC(C)C(=O)NCc1ccc(F)c(C)c1. The molecule has 1 atom stereocenters. The first kappa shape index (κ1) is 14.2. The van der Waals surface area contributed by atoms with E-state index in [1.165, 1.54) is 13.0 Å². The van der Waals surface area contributed by atoms with Gasteiger partial charge in [0.2, 0.25) is 11.8 Å². The van der Waals surface area contributed by atoms with Gasteiger partial charge in [-0.05, 0) is 31.0 Å². The molecule has 2 amide bonds. The van der Waals surface area contributed by atoms with Crippen LogP contribution in [0.4, 0.5) is 4.39 Å². The van der Waals surface area contributed by atoms with Crippen molar-refractivity contribution in [3.63, 3.8) is 0 Å². The predicted octanol–water partition coefficient (Wildman–Crippen LogP) is 1.27. The number of hydrogen-bond acceptors (Lipinski definition) is 2. The lowest BCUT2D eigenvalue weighted by Gasteiger charge is -2.13. The van der Waals surface area contributed by atoms with Gasteiger partial charge >= 0.3 is 0 Å². The molecule has 4 nitrogen and oxygen atoms in total. The Morgan fingerprint density at radius 2 is 2.06 bits per heavy atom. The Kier molecular flexibility index (Phi) is 4.83. The molecular formula is C13H17FN2O2. The summed E-state index contributed by atoms with van der Waals surface area (Å²) in [5.41, 5.74) is 1.36. The van der Waals surface area contributed by atoms with Crippen LogP contribution in [-0.2, 0) is 16.1 Å². The molecule has 1 unspecified atom stereocenters. The first-order valence-electron chi connectivity index (χ1n) is 5.70. The molecule has 0 fully saturated rings. The molecule has 0 saturated heterocycles. The monoisotopic (exact) mass is 252 g/mol. The standard InChI is InChI=1S/C13H17FN2O2/c1-8-6-11(4-5-12(8)14)7-15-13(18)9(2)16-10(3)17/h4-6,9H,7H2,1-3H3,(H,15,18)(H,16,17). The molecule has 0 aliphatic carbocycles. The van der Waals surface area contributed by atoms with E-state index < -0.39 is 6.04 Å². The van der Waals surface area contributed by atoms with Crippen LogP contribution >= 0.6 is 0 Å². The van der Waals surface area contributed by atoms with E-state index in [0.29, 0.717) is 12.1 Å². The van der Waals surface area contributed by atoms with Crippen molar-refractivity contribution in [2.24, 2.45) is 0 Å². The van der Waals surface area contributed by atoms with Crippen molar-refractivity contribution in [1.29, 1.82) is 0 Å². The van der Waals surface area contributed by atoms with E-state index in [2.05, 4.69) is 10.6 Å². The topological polar surface area (TPSA) is 58.2 Å². The average Bonchev–Trinajstić information content (AvgIpc) is 2.29. The quantitative estimate of drug-likeness (QED) is 0.848. The van der Waals surface area contributed by atoms with Crippen LogP contribution in [0.25, 0.3) is 0 Å². The number of benzene rings is 1. The van der Waals surface area contributed by atoms with Crippen LogP contribution in [-0.4, -0.2) is 17.9 Å². The molecule has 0 heterocycles. The van der Waals surface area contributed by atoms with Gasteiger partial charge in [-0.3, -0.25) is 9.59 Å². The normalized spacial score (nSPS) is 11.8. The molecule has 0 bridgehead atoms. The Balaban J connectivity index is 2.52. The van der Waals surface area contributed by atoms with Gasteiger partial charge in [-0.15, -0.1) is 0 Å². The summed E-state index contributed by atoms with van der Waals surface area (Å²) in [4.78, 5) is 22.4. The zero-order valence-electron chi connectivity index (χ0n) is 10.7. The van der Waals surface area contributed by atoms with Gasteiger partial charge in [0.05, 0.1) is 0 Å². The molecule has 1 aromatic rings.